The highest BCUT2D eigenvalue weighted by Crippen LogP contribution is 2.26. The molecule has 3 amide bonds. The Morgan fingerprint density at radius 2 is 1.71 bits per heavy atom. The molecule has 1 aromatic heterocycles. The fourth-order valence-electron chi connectivity index (χ4n) is 3.13. The van der Waals surface area contributed by atoms with Crippen LogP contribution < -0.4 is 16.0 Å². The predicted octanol–water partition coefficient (Wildman–Crippen LogP) is 5.48. The highest BCUT2D eigenvalue weighted by Gasteiger charge is 2.23. The van der Waals surface area contributed by atoms with Gasteiger partial charge in [0.2, 0.25) is 11.0 Å². The molecule has 0 aliphatic heterocycles. The number of urea groups is 1. The van der Waals surface area contributed by atoms with Crippen molar-refractivity contribution in [3.8, 4) is 10.6 Å². The lowest BCUT2D eigenvalue weighted by Gasteiger charge is -2.18. The van der Waals surface area contributed by atoms with Crippen molar-refractivity contribution in [1.82, 2.24) is 15.5 Å². The van der Waals surface area contributed by atoms with Crippen molar-refractivity contribution in [2.24, 2.45) is 0 Å². The van der Waals surface area contributed by atoms with Crippen LogP contribution in [0.5, 0.6) is 0 Å². The van der Waals surface area contributed by atoms with E-state index in [2.05, 4.69) is 42.1 Å². The molecule has 0 aliphatic carbocycles. The zero-order chi connectivity index (χ0) is 23.9. The van der Waals surface area contributed by atoms with E-state index in [0.717, 1.165) is 21.4 Å². The SMILES string of the molecule is O=C(Nc1cccc(Br)c1)NC(Cc1ccccc1)C(=O)Nc1nnc(-c2ccc(F)cc2)s1. The Morgan fingerprint density at radius 3 is 2.44 bits per heavy atom. The molecular weight excluding hydrogens is 521 g/mol. The Kier molecular flexibility index (Phi) is 7.61. The second-order valence-electron chi connectivity index (χ2n) is 7.26. The van der Waals surface area contributed by atoms with Crippen molar-refractivity contribution in [2.45, 2.75) is 12.5 Å². The lowest BCUT2D eigenvalue weighted by Crippen LogP contribution is -2.46. The number of benzene rings is 3. The Balaban J connectivity index is 1.47. The van der Waals surface area contributed by atoms with Crippen molar-refractivity contribution >= 4 is 50.0 Å². The van der Waals surface area contributed by atoms with Crippen LogP contribution in [0.15, 0.2) is 83.3 Å². The molecule has 10 heteroatoms. The molecule has 0 saturated carbocycles. The molecule has 3 N–H and O–H groups in total. The van der Waals surface area contributed by atoms with Gasteiger partial charge in [-0.05, 0) is 48.0 Å². The average molecular weight is 540 g/mol. The molecule has 0 bridgehead atoms. The van der Waals surface area contributed by atoms with E-state index in [4.69, 9.17) is 0 Å². The summed E-state index contributed by atoms with van der Waals surface area (Å²) in [5, 5.41) is 17.1. The van der Waals surface area contributed by atoms with Gasteiger partial charge in [-0.15, -0.1) is 10.2 Å². The molecular formula is C24H19BrFN5O2S. The maximum atomic E-state index is 13.2. The number of rotatable bonds is 7. The first-order valence-corrected chi connectivity index (χ1v) is 11.8. The minimum absolute atomic E-state index is 0.275. The lowest BCUT2D eigenvalue weighted by atomic mass is 10.1. The number of halogens is 2. The minimum Gasteiger partial charge on any atom is -0.326 e. The van der Waals surface area contributed by atoms with Crippen molar-refractivity contribution in [2.75, 3.05) is 10.6 Å². The largest absolute Gasteiger partial charge is 0.326 e. The van der Waals surface area contributed by atoms with Crippen molar-refractivity contribution in [3.05, 3.63) is 94.7 Å². The quantitative estimate of drug-likeness (QED) is 0.289. The Morgan fingerprint density at radius 1 is 0.941 bits per heavy atom. The summed E-state index contributed by atoms with van der Waals surface area (Å²) in [6.07, 6.45) is 0.280. The van der Waals surface area contributed by atoms with Crippen LogP contribution in [0.3, 0.4) is 0 Å². The average Bonchev–Trinajstić information content (AvgIpc) is 3.28. The van der Waals surface area contributed by atoms with Crippen LogP contribution >= 0.6 is 27.3 Å². The van der Waals surface area contributed by atoms with Gasteiger partial charge in [-0.2, -0.15) is 0 Å². The summed E-state index contributed by atoms with van der Waals surface area (Å²) in [6.45, 7) is 0. The molecule has 0 aliphatic rings. The number of anilines is 2. The van der Waals surface area contributed by atoms with E-state index in [-0.39, 0.29) is 17.4 Å². The summed E-state index contributed by atoms with van der Waals surface area (Å²) in [7, 11) is 0. The number of nitrogens with one attached hydrogen (secondary N) is 3. The van der Waals surface area contributed by atoms with Gasteiger partial charge in [0.25, 0.3) is 0 Å². The third kappa shape index (κ3) is 6.46. The van der Waals surface area contributed by atoms with E-state index < -0.39 is 18.0 Å². The highest BCUT2D eigenvalue weighted by molar-refractivity contribution is 9.10. The van der Waals surface area contributed by atoms with Gasteiger partial charge < -0.3 is 10.6 Å². The molecule has 0 radical (unpaired) electrons. The van der Waals surface area contributed by atoms with Crippen molar-refractivity contribution in [1.29, 1.82) is 0 Å². The van der Waals surface area contributed by atoms with Crippen molar-refractivity contribution in [3.63, 3.8) is 0 Å². The van der Waals surface area contributed by atoms with Gasteiger partial charge in [0.15, 0.2) is 0 Å². The van der Waals surface area contributed by atoms with Crippen LogP contribution in [0, 0.1) is 5.82 Å². The summed E-state index contributed by atoms with van der Waals surface area (Å²) in [6, 6.07) is 21.0. The molecule has 0 fully saturated rings. The van der Waals surface area contributed by atoms with Gasteiger partial charge in [-0.1, -0.05) is 63.7 Å². The van der Waals surface area contributed by atoms with Gasteiger partial charge in [-0.3, -0.25) is 10.1 Å². The van der Waals surface area contributed by atoms with Crippen LogP contribution in [-0.2, 0) is 11.2 Å². The molecule has 7 nitrogen and oxygen atoms in total. The van der Waals surface area contributed by atoms with Crippen LogP contribution in [0.4, 0.5) is 20.0 Å². The summed E-state index contributed by atoms with van der Waals surface area (Å²) in [5.74, 6) is -0.784. The molecule has 0 spiro atoms. The summed E-state index contributed by atoms with van der Waals surface area (Å²) in [4.78, 5) is 25.7. The fraction of sp³-hybridized carbons (Fsp3) is 0.0833. The Bertz CT molecular complexity index is 1280. The lowest BCUT2D eigenvalue weighted by molar-refractivity contribution is -0.117. The zero-order valence-electron chi connectivity index (χ0n) is 17.7. The molecule has 0 saturated heterocycles. The van der Waals surface area contributed by atoms with Crippen LogP contribution in [0.25, 0.3) is 10.6 Å². The number of nitrogens with zero attached hydrogens (tertiary/aromatic N) is 2. The van der Waals surface area contributed by atoms with Crippen LogP contribution in [0.1, 0.15) is 5.56 Å². The van der Waals surface area contributed by atoms with E-state index in [1.54, 1.807) is 30.3 Å². The smallest absolute Gasteiger partial charge is 0.319 e. The first-order chi connectivity index (χ1) is 16.5. The fourth-order valence-corrected chi connectivity index (χ4v) is 4.28. The van der Waals surface area contributed by atoms with Gasteiger partial charge in [0.1, 0.15) is 16.9 Å². The summed E-state index contributed by atoms with van der Waals surface area (Å²) in [5.41, 5.74) is 2.15. The third-order valence-electron chi connectivity index (χ3n) is 4.73. The highest BCUT2D eigenvalue weighted by atomic mass is 79.9. The molecule has 3 aromatic carbocycles. The molecule has 34 heavy (non-hydrogen) atoms. The molecule has 4 rings (SSSR count). The maximum Gasteiger partial charge on any atom is 0.319 e. The number of hydrogen-bond donors (Lipinski definition) is 3. The normalized spacial score (nSPS) is 11.5. The van der Waals surface area contributed by atoms with Crippen LogP contribution in [-0.4, -0.2) is 28.2 Å². The first kappa shape index (κ1) is 23.5. The predicted molar refractivity (Wildman–Crippen MR) is 134 cm³/mol. The standard InChI is InChI=1S/C24H19BrFN5O2S/c25-17-7-4-8-19(14-17)27-23(33)28-20(13-15-5-2-1-3-6-15)21(32)29-24-31-30-22(34-24)16-9-11-18(26)12-10-16/h1-12,14,20H,13H2,(H2,27,28,33)(H,29,31,32). The van der Waals surface area contributed by atoms with Gasteiger partial charge >= 0.3 is 6.03 Å². The van der Waals surface area contributed by atoms with Gasteiger partial charge in [0, 0.05) is 22.1 Å². The number of aromatic nitrogens is 2. The second-order valence-corrected chi connectivity index (χ2v) is 9.15. The zero-order valence-corrected chi connectivity index (χ0v) is 20.1. The third-order valence-corrected chi connectivity index (χ3v) is 6.11. The monoisotopic (exact) mass is 539 g/mol. The van der Waals surface area contributed by atoms with E-state index in [1.165, 1.54) is 12.1 Å². The first-order valence-electron chi connectivity index (χ1n) is 10.2. The topological polar surface area (TPSA) is 96.0 Å². The van der Waals surface area contributed by atoms with Crippen molar-refractivity contribution < 1.29 is 14.0 Å². The summed E-state index contributed by atoms with van der Waals surface area (Å²) >= 11 is 4.52. The Hall–Kier alpha value is -3.63. The van der Waals surface area contributed by atoms with E-state index >= 15 is 0 Å². The number of carbonyl (C=O) groups excluding carboxylic acids is 2. The number of carbonyl (C=O) groups is 2. The summed E-state index contributed by atoms with van der Waals surface area (Å²) < 4.78 is 14.0. The molecule has 1 heterocycles. The van der Waals surface area contributed by atoms with E-state index in [9.17, 15) is 14.0 Å². The van der Waals surface area contributed by atoms with Crippen LogP contribution in [0.2, 0.25) is 0 Å². The Labute approximate surface area is 207 Å². The molecule has 1 atom stereocenters. The second kappa shape index (κ2) is 11.0. The van der Waals surface area contributed by atoms with E-state index in [0.29, 0.717) is 16.3 Å². The van der Waals surface area contributed by atoms with E-state index in [1.807, 2.05) is 36.4 Å². The molecule has 172 valence electrons. The minimum atomic E-state index is -0.868. The molecule has 4 aromatic rings. The number of amides is 3. The molecule has 1 unspecified atom stereocenters. The maximum absolute atomic E-state index is 13.2. The van der Waals surface area contributed by atoms with Gasteiger partial charge in [0.05, 0.1) is 0 Å². The van der Waals surface area contributed by atoms with Gasteiger partial charge in [-0.25, -0.2) is 9.18 Å². The number of hydrogen-bond acceptors (Lipinski definition) is 5.